The second-order valence-corrected chi connectivity index (χ2v) is 7.96. The summed E-state index contributed by atoms with van der Waals surface area (Å²) in [7, 11) is 0. The van der Waals surface area contributed by atoms with Crippen LogP contribution in [0.3, 0.4) is 0 Å². The number of nitrogens with zero attached hydrogens (tertiary/aromatic N) is 2. The molecular weight excluding hydrogens is 454 g/mol. The molecule has 0 saturated heterocycles. The van der Waals surface area contributed by atoms with E-state index in [1.165, 1.54) is 10.7 Å². The highest BCUT2D eigenvalue weighted by Crippen LogP contribution is 2.22. The fourth-order valence-electron chi connectivity index (χ4n) is 3.33. The number of halogens is 1. The Labute approximate surface area is 188 Å². The molecule has 1 amide bonds. The van der Waals surface area contributed by atoms with Gasteiger partial charge in [0.15, 0.2) is 0 Å². The number of nitrogens with one attached hydrogen (secondary N) is 1. The predicted octanol–water partition coefficient (Wildman–Crippen LogP) is 4.58. The van der Waals surface area contributed by atoms with Crippen LogP contribution in [-0.2, 0) is 11.3 Å². The Bertz CT molecular complexity index is 1180. The van der Waals surface area contributed by atoms with Crippen LogP contribution >= 0.6 is 15.9 Å². The number of amides is 1. The van der Waals surface area contributed by atoms with Crippen molar-refractivity contribution in [1.82, 2.24) is 15.1 Å². The molecular formula is C25H20BrN3O2. The number of aromatic nitrogens is 2. The van der Waals surface area contributed by atoms with E-state index in [2.05, 4.69) is 26.3 Å². The number of benzene rings is 3. The SMILES string of the molecule is O=C(Cn1nc(-c2ccc(Br)cc2)ccc1=O)NC(c1ccccc1)c1ccccc1. The van der Waals surface area contributed by atoms with Crippen molar-refractivity contribution in [2.45, 2.75) is 12.6 Å². The number of hydrogen-bond acceptors (Lipinski definition) is 3. The Morgan fingerprint density at radius 1 is 0.839 bits per heavy atom. The third-order valence-electron chi connectivity index (χ3n) is 4.87. The molecule has 154 valence electrons. The summed E-state index contributed by atoms with van der Waals surface area (Å²) in [5.74, 6) is -0.291. The fraction of sp³-hybridized carbons (Fsp3) is 0.0800. The largest absolute Gasteiger partial charge is 0.344 e. The normalized spacial score (nSPS) is 10.8. The third-order valence-corrected chi connectivity index (χ3v) is 5.40. The highest BCUT2D eigenvalue weighted by molar-refractivity contribution is 9.10. The van der Waals surface area contributed by atoms with Gasteiger partial charge in [-0.25, -0.2) is 4.68 Å². The lowest BCUT2D eigenvalue weighted by Gasteiger charge is -2.20. The van der Waals surface area contributed by atoms with E-state index in [0.717, 1.165) is 21.2 Å². The first-order valence-corrected chi connectivity index (χ1v) is 10.6. The molecule has 0 atom stereocenters. The maximum absolute atomic E-state index is 12.9. The summed E-state index contributed by atoms with van der Waals surface area (Å²) in [6.45, 7) is -0.167. The molecule has 0 fully saturated rings. The molecule has 0 aliphatic heterocycles. The van der Waals surface area contributed by atoms with Crippen LogP contribution in [0.4, 0.5) is 0 Å². The number of carbonyl (C=O) groups is 1. The zero-order chi connectivity index (χ0) is 21.6. The van der Waals surface area contributed by atoms with Crippen molar-refractivity contribution >= 4 is 21.8 Å². The summed E-state index contributed by atoms with van der Waals surface area (Å²) in [5, 5.41) is 7.44. The topological polar surface area (TPSA) is 64.0 Å². The molecule has 6 heteroatoms. The van der Waals surface area contributed by atoms with Crippen molar-refractivity contribution in [3.63, 3.8) is 0 Å². The van der Waals surface area contributed by atoms with E-state index >= 15 is 0 Å². The lowest BCUT2D eigenvalue weighted by molar-refractivity contribution is -0.122. The minimum Gasteiger partial charge on any atom is -0.344 e. The molecule has 1 heterocycles. The summed E-state index contributed by atoms with van der Waals surface area (Å²) in [6, 6.07) is 29.9. The minimum absolute atomic E-state index is 0.167. The standard InChI is InChI=1S/C25H20BrN3O2/c26-21-13-11-18(12-14-21)22-15-16-24(31)29(28-22)17-23(30)27-25(19-7-3-1-4-8-19)20-9-5-2-6-10-20/h1-16,25H,17H2,(H,27,30). The molecule has 0 spiro atoms. The van der Waals surface area contributed by atoms with Crippen molar-refractivity contribution < 1.29 is 4.79 Å². The predicted molar refractivity (Wildman–Crippen MR) is 125 cm³/mol. The van der Waals surface area contributed by atoms with Gasteiger partial charge in [0.1, 0.15) is 6.54 Å². The van der Waals surface area contributed by atoms with Crippen LogP contribution in [0.15, 0.2) is 106 Å². The Kier molecular flexibility index (Phi) is 6.38. The summed E-state index contributed by atoms with van der Waals surface area (Å²) < 4.78 is 2.15. The van der Waals surface area contributed by atoms with Crippen molar-refractivity contribution in [2.24, 2.45) is 0 Å². The Hall–Kier alpha value is -3.51. The van der Waals surface area contributed by atoms with E-state index in [-0.39, 0.29) is 24.1 Å². The average molecular weight is 474 g/mol. The Morgan fingerprint density at radius 2 is 1.42 bits per heavy atom. The van der Waals surface area contributed by atoms with E-state index in [1.807, 2.05) is 84.9 Å². The van der Waals surface area contributed by atoms with Crippen molar-refractivity contribution in [2.75, 3.05) is 0 Å². The van der Waals surface area contributed by atoms with Gasteiger partial charge in [0.05, 0.1) is 11.7 Å². The van der Waals surface area contributed by atoms with Gasteiger partial charge in [-0.2, -0.15) is 5.10 Å². The molecule has 3 aromatic carbocycles. The lowest BCUT2D eigenvalue weighted by Crippen LogP contribution is -2.36. The Balaban J connectivity index is 1.58. The maximum Gasteiger partial charge on any atom is 0.267 e. The van der Waals surface area contributed by atoms with Gasteiger partial charge < -0.3 is 5.32 Å². The molecule has 0 radical (unpaired) electrons. The zero-order valence-electron chi connectivity index (χ0n) is 16.6. The highest BCUT2D eigenvalue weighted by atomic mass is 79.9. The summed E-state index contributed by atoms with van der Waals surface area (Å²) in [6.07, 6.45) is 0. The van der Waals surface area contributed by atoms with E-state index < -0.39 is 0 Å². The van der Waals surface area contributed by atoms with Crippen LogP contribution in [0.1, 0.15) is 17.2 Å². The molecule has 1 aromatic heterocycles. The molecule has 0 saturated carbocycles. The second-order valence-electron chi connectivity index (χ2n) is 7.04. The highest BCUT2D eigenvalue weighted by Gasteiger charge is 2.17. The second kappa shape index (κ2) is 9.53. The lowest BCUT2D eigenvalue weighted by atomic mass is 9.99. The van der Waals surface area contributed by atoms with Crippen molar-refractivity contribution in [3.05, 3.63) is 123 Å². The summed E-state index contributed by atoms with van der Waals surface area (Å²) in [4.78, 5) is 25.2. The molecule has 5 nitrogen and oxygen atoms in total. The van der Waals surface area contributed by atoms with Crippen LogP contribution in [0, 0.1) is 0 Å². The molecule has 4 rings (SSSR count). The average Bonchev–Trinajstić information content (AvgIpc) is 2.81. The van der Waals surface area contributed by atoms with Gasteiger partial charge in [-0.3, -0.25) is 9.59 Å². The summed E-state index contributed by atoms with van der Waals surface area (Å²) in [5.41, 5.74) is 3.09. The minimum atomic E-state index is -0.327. The van der Waals surface area contributed by atoms with Crippen LogP contribution in [-0.4, -0.2) is 15.7 Å². The van der Waals surface area contributed by atoms with Gasteiger partial charge in [-0.05, 0) is 29.3 Å². The first kappa shape index (κ1) is 20.8. The quantitative estimate of drug-likeness (QED) is 0.445. The van der Waals surface area contributed by atoms with Gasteiger partial charge in [0, 0.05) is 16.1 Å². The van der Waals surface area contributed by atoms with E-state index in [1.54, 1.807) is 6.07 Å². The van der Waals surface area contributed by atoms with Crippen molar-refractivity contribution in [1.29, 1.82) is 0 Å². The van der Waals surface area contributed by atoms with E-state index in [0.29, 0.717) is 5.69 Å². The molecule has 1 N–H and O–H groups in total. The Morgan fingerprint density at radius 3 is 2.00 bits per heavy atom. The molecule has 31 heavy (non-hydrogen) atoms. The molecule has 0 aliphatic carbocycles. The third kappa shape index (κ3) is 5.16. The van der Waals surface area contributed by atoms with Crippen LogP contribution in [0.25, 0.3) is 11.3 Å². The van der Waals surface area contributed by atoms with Crippen LogP contribution in [0.5, 0.6) is 0 Å². The van der Waals surface area contributed by atoms with Crippen LogP contribution < -0.4 is 10.9 Å². The van der Waals surface area contributed by atoms with E-state index in [4.69, 9.17) is 0 Å². The van der Waals surface area contributed by atoms with Crippen molar-refractivity contribution in [3.8, 4) is 11.3 Å². The molecule has 4 aromatic rings. The smallest absolute Gasteiger partial charge is 0.267 e. The molecule has 0 unspecified atom stereocenters. The maximum atomic E-state index is 12.9. The van der Waals surface area contributed by atoms with Gasteiger partial charge >= 0.3 is 0 Å². The molecule has 0 aliphatic rings. The van der Waals surface area contributed by atoms with Crippen LogP contribution in [0.2, 0.25) is 0 Å². The van der Waals surface area contributed by atoms with Gasteiger partial charge in [-0.15, -0.1) is 0 Å². The monoisotopic (exact) mass is 473 g/mol. The van der Waals surface area contributed by atoms with Gasteiger partial charge in [0.2, 0.25) is 5.91 Å². The summed E-state index contributed by atoms with van der Waals surface area (Å²) >= 11 is 3.41. The first-order chi connectivity index (χ1) is 15.1. The number of hydrogen-bond donors (Lipinski definition) is 1. The van der Waals surface area contributed by atoms with Gasteiger partial charge in [0.25, 0.3) is 5.56 Å². The zero-order valence-corrected chi connectivity index (χ0v) is 18.2. The fourth-order valence-corrected chi connectivity index (χ4v) is 3.59. The first-order valence-electron chi connectivity index (χ1n) is 9.83. The van der Waals surface area contributed by atoms with E-state index in [9.17, 15) is 9.59 Å². The molecule has 0 bridgehead atoms. The number of carbonyl (C=O) groups excluding carboxylic acids is 1. The van der Waals surface area contributed by atoms with Gasteiger partial charge in [-0.1, -0.05) is 88.7 Å². The number of rotatable bonds is 6.